The number of aromatic nitrogens is 1. The van der Waals surface area contributed by atoms with E-state index in [9.17, 15) is 24.8 Å². The third kappa shape index (κ3) is 2.94. The van der Waals surface area contributed by atoms with Crippen molar-refractivity contribution in [2.24, 2.45) is 5.73 Å². The van der Waals surface area contributed by atoms with Crippen molar-refractivity contribution >= 4 is 17.5 Å². The molecule has 1 heterocycles. The fourth-order valence-electron chi connectivity index (χ4n) is 1.78. The van der Waals surface area contributed by atoms with Crippen LogP contribution < -0.4 is 11.1 Å². The van der Waals surface area contributed by atoms with Crippen LogP contribution in [0.1, 0.15) is 29.4 Å². The van der Waals surface area contributed by atoms with Crippen molar-refractivity contribution in [3.63, 3.8) is 0 Å². The van der Waals surface area contributed by atoms with Gasteiger partial charge >= 0.3 is 0 Å². The molecule has 0 saturated heterocycles. The summed E-state index contributed by atoms with van der Waals surface area (Å²) in [5.41, 5.74) is 4.82. The van der Waals surface area contributed by atoms with Gasteiger partial charge in [0.1, 0.15) is 11.8 Å². The van der Waals surface area contributed by atoms with Gasteiger partial charge in [0.05, 0.1) is 17.7 Å². The Morgan fingerprint density at radius 3 is 2.75 bits per heavy atom. The SMILES string of the molecule is NC(=O)C(O)CNC(=O)c1cc([N+](=O)[O-])cn1C1CC1. The smallest absolute Gasteiger partial charge is 0.287 e. The molecule has 4 N–H and O–H groups in total. The highest BCUT2D eigenvalue weighted by Gasteiger charge is 2.30. The van der Waals surface area contributed by atoms with Gasteiger partial charge in [-0.2, -0.15) is 0 Å². The van der Waals surface area contributed by atoms with Gasteiger partial charge in [-0.3, -0.25) is 19.7 Å². The number of aliphatic hydroxyl groups excluding tert-OH is 1. The zero-order chi connectivity index (χ0) is 14.9. The average Bonchev–Trinajstić information content (AvgIpc) is 3.13. The van der Waals surface area contributed by atoms with Gasteiger partial charge in [0.2, 0.25) is 5.91 Å². The van der Waals surface area contributed by atoms with Crippen LogP contribution >= 0.6 is 0 Å². The summed E-state index contributed by atoms with van der Waals surface area (Å²) < 4.78 is 1.55. The Balaban J connectivity index is 2.12. The normalized spacial score (nSPS) is 15.7. The molecule has 1 atom stereocenters. The Hall–Kier alpha value is -2.42. The second-order valence-electron chi connectivity index (χ2n) is 4.61. The van der Waals surface area contributed by atoms with Gasteiger partial charge in [0.15, 0.2) is 0 Å². The van der Waals surface area contributed by atoms with Crippen LogP contribution in [0.5, 0.6) is 0 Å². The minimum Gasteiger partial charge on any atom is -0.381 e. The average molecular weight is 282 g/mol. The number of carbonyl (C=O) groups excluding carboxylic acids is 2. The van der Waals surface area contributed by atoms with Gasteiger partial charge in [-0.05, 0) is 12.8 Å². The van der Waals surface area contributed by atoms with Gasteiger partial charge in [-0.25, -0.2) is 0 Å². The Labute approximate surface area is 113 Å². The number of primary amides is 1. The molecule has 108 valence electrons. The van der Waals surface area contributed by atoms with Gasteiger partial charge < -0.3 is 20.7 Å². The van der Waals surface area contributed by atoms with Gasteiger partial charge in [0.25, 0.3) is 11.6 Å². The van der Waals surface area contributed by atoms with E-state index in [4.69, 9.17) is 5.73 Å². The first kappa shape index (κ1) is 14.0. The Morgan fingerprint density at radius 2 is 2.25 bits per heavy atom. The van der Waals surface area contributed by atoms with E-state index >= 15 is 0 Å². The quantitative estimate of drug-likeness (QED) is 0.467. The third-order valence-electron chi connectivity index (χ3n) is 3.00. The molecule has 1 aliphatic rings. The predicted molar refractivity (Wildman–Crippen MR) is 66.9 cm³/mol. The van der Waals surface area contributed by atoms with Crippen LogP contribution in [0, 0.1) is 10.1 Å². The second-order valence-corrected chi connectivity index (χ2v) is 4.61. The molecule has 0 bridgehead atoms. The minimum absolute atomic E-state index is 0.0884. The van der Waals surface area contributed by atoms with Crippen LogP contribution in [0.15, 0.2) is 12.3 Å². The number of nitro groups is 1. The number of carbonyl (C=O) groups is 2. The second kappa shape index (κ2) is 5.29. The van der Waals surface area contributed by atoms with Gasteiger partial charge in [-0.1, -0.05) is 0 Å². The molecule has 0 aliphatic heterocycles. The maximum Gasteiger partial charge on any atom is 0.287 e. The summed E-state index contributed by atoms with van der Waals surface area (Å²) in [5.74, 6) is -1.54. The molecule has 0 spiro atoms. The molecule has 0 aromatic carbocycles. The van der Waals surface area contributed by atoms with E-state index in [1.54, 1.807) is 4.57 Å². The molecule has 9 heteroatoms. The molecule has 20 heavy (non-hydrogen) atoms. The predicted octanol–water partition coefficient (Wildman–Crippen LogP) is -0.693. The number of rotatable bonds is 6. The summed E-state index contributed by atoms with van der Waals surface area (Å²) in [4.78, 5) is 32.8. The first-order valence-electron chi connectivity index (χ1n) is 6.02. The van der Waals surface area contributed by atoms with E-state index in [1.165, 1.54) is 12.3 Å². The summed E-state index contributed by atoms with van der Waals surface area (Å²) in [6, 6.07) is 1.26. The third-order valence-corrected chi connectivity index (χ3v) is 3.00. The minimum atomic E-state index is -1.49. The van der Waals surface area contributed by atoms with Crippen LogP contribution in [0.25, 0.3) is 0 Å². The van der Waals surface area contributed by atoms with Crippen LogP contribution in [0.2, 0.25) is 0 Å². The molecule has 1 fully saturated rings. The molecular formula is C11H14N4O5. The van der Waals surface area contributed by atoms with E-state index in [1.807, 2.05) is 0 Å². The summed E-state index contributed by atoms with van der Waals surface area (Å²) in [5, 5.41) is 22.3. The van der Waals surface area contributed by atoms with Gasteiger partial charge in [0, 0.05) is 12.1 Å². The van der Waals surface area contributed by atoms with Crippen molar-refractivity contribution in [3.8, 4) is 0 Å². The summed E-state index contributed by atoms with van der Waals surface area (Å²) in [6.07, 6.45) is 1.54. The first-order chi connectivity index (χ1) is 9.40. The van der Waals surface area contributed by atoms with Crippen molar-refractivity contribution in [2.45, 2.75) is 25.0 Å². The molecule has 1 unspecified atom stereocenters. The topological polar surface area (TPSA) is 140 Å². The lowest BCUT2D eigenvalue weighted by Crippen LogP contribution is -2.40. The van der Waals surface area contributed by atoms with Crippen LogP contribution in [-0.2, 0) is 4.79 Å². The number of nitrogens with two attached hydrogens (primary N) is 1. The molecule has 9 nitrogen and oxygen atoms in total. The molecule has 2 amide bonds. The number of aliphatic hydroxyl groups is 1. The number of nitrogens with zero attached hydrogens (tertiary/aromatic N) is 2. The standard InChI is InChI=1S/C11H14N4O5/c12-10(17)9(16)4-13-11(18)8-3-7(15(19)20)5-14(8)6-1-2-6/h3,5-6,9,16H,1-2,4H2,(H2,12,17)(H,13,18). The molecule has 1 aliphatic carbocycles. The lowest BCUT2D eigenvalue weighted by Gasteiger charge is -2.10. The van der Waals surface area contributed by atoms with Gasteiger partial charge in [-0.15, -0.1) is 0 Å². The summed E-state index contributed by atoms with van der Waals surface area (Å²) >= 11 is 0. The molecule has 2 rings (SSSR count). The number of hydrogen-bond donors (Lipinski definition) is 3. The highest BCUT2D eigenvalue weighted by atomic mass is 16.6. The summed E-state index contributed by atoms with van der Waals surface area (Å²) in [6.45, 7) is -0.336. The largest absolute Gasteiger partial charge is 0.381 e. The monoisotopic (exact) mass is 282 g/mol. The molecule has 1 saturated carbocycles. The molecular weight excluding hydrogens is 268 g/mol. The number of hydrogen-bond acceptors (Lipinski definition) is 5. The van der Waals surface area contributed by atoms with E-state index in [0.717, 1.165) is 12.8 Å². The van der Waals surface area contributed by atoms with E-state index in [-0.39, 0.29) is 24.0 Å². The fraction of sp³-hybridized carbons (Fsp3) is 0.455. The fourth-order valence-corrected chi connectivity index (χ4v) is 1.78. The highest BCUT2D eigenvalue weighted by molar-refractivity contribution is 5.94. The first-order valence-corrected chi connectivity index (χ1v) is 6.02. The van der Waals surface area contributed by atoms with E-state index in [0.29, 0.717) is 0 Å². The van der Waals surface area contributed by atoms with E-state index < -0.39 is 22.8 Å². The maximum absolute atomic E-state index is 11.9. The Kier molecular flexibility index (Phi) is 3.70. The van der Waals surface area contributed by atoms with Crippen molar-refractivity contribution in [1.82, 2.24) is 9.88 Å². The Bertz CT molecular complexity index is 563. The molecule has 0 radical (unpaired) electrons. The maximum atomic E-state index is 11.9. The van der Waals surface area contributed by atoms with Crippen molar-refractivity contribution < 1.29 is 19.6 Å². The molecule has 1 aromatic rings. The van der Waals surface area contributed by atoms with Crippen molar-refractivity contribution in [3.05, 3.63) is 28.1 Å². The van der Waals surface area contributed by atoms with Crippen molar-refractivity contribution in [1.29, 1.82) is 0 Å². The van der Waals surface area contributed by atoms with Crippen LogP contribution in [0.4, 0.5) is 5.69 Å². The Morgan fingerprint density at radius 1 is 1.60 bits per heavy atom. The highest BCUT2D eigenvalue weighted by Crippen LogP contribution is 2.37. The van der Waals surface area contributed by atoms with Crippen molar-refractivity contribution in [2.75, 3.05) is 6.54 Å². The number of amides is 2. The lowest BCUT2D eigenvalue weighted by molar-refractivity contribution is -0.384. The zero-order valence-corrected chi connectivity index (χ0v) is 10.5. The van der Waals surface area contributed by atoms with Crippen LogP contribution in [0.3, 0.4) is 0 Å². The molecule has 1 aromatic heterocycles. The van der Waals surface area contributed by atoms with E-state index in [2.05, 4.69) is 5.32 Å². The zero-order valence-electron chi connectivity index (χ0n) is 10.5. The number of nitrogens with one attached hydrogen (secondary N) is 1. The lowest BCUT2D eigenvalue weighted by atomic mass is 10.3. The van der Waals surface area contributed by atoms with Crippen LogP contribution in [-0.4, -0.2) is 39.1 Å². The summed E-state index contributed by atoms with van der Waals surface area (Å²) in [7, 11) is 0.